The fourth-order valence-corrected chi connectivity index (χ4v) is 1.62. The number of ether oxygens (including phenoxy) is 1. The van der Waals surface area contributed by atoms with Gasteiger partial charge in [0.2, 0.25) is 0 Å². The number of hydrogen-bond acceptors (Lipinski definition) is 4. The van der Waals surface area contributed by atoms with Crippen molar-refractivity contribution in [2.75, 3.05) is 13.7 Å². The average Bonchev–Trinajstić information content (AvgIpc) is 2.27. The summed E-state index contributed by atoms with van der Waals surface area (Å²) in [5.41, 5.74) is 1.87. The second-order valence-electron chi connectivity index (χ2n) is 4.30. The number of methoxy groups -OCH3 is 1. The number of pyridine rings is 1. The van der Waals surface area contributed by atoms with E-state index in [-0.39, 0.29) is 0 Å². The zero-order chi connectivity index (χ0) is 12.8. The normalized spacial score (nSPS) is 10.6. The molecule has 0 aliphatic rings. The Bertz CT molecular complexity index is 410. The molecule has 0 fully saturated rings. The number of aryl methyl sites for hydroxylation is 1. The molecule has 0 atom stereocenters. The standard InChI is InChI=1S/C13H19N3O/c1-10(2)16(6-5-14)9-12-8-13(17-4)7-11(3)15-12/h7-8,10H,6,9H2,1-4H3. The zero-order valence-electron chi connectivity index (χ0n) is 10.9. The SMILES string of the molecule is COc1cc(C)nc(CN(CC#N)C(C)C)c1. The molecule has 0 aliphatic heterocycles. The van der Waals surface area contributed by atoms with Crippen molar-refractivity contribution in [1.29, 1.82) is 5.26 Å². The van der Waals surface area contributed by atoms with Crippen LogP contribution in [0.2, 0.25) is 0 Å². The van der Waals surface area contributed by atoms with E-state index in [1.54, 1.807) is 7.11 Å². The molecule has 1 aromatic heterocycles. The van der Waals surface area contributed by atoms with E-state index in [4.69, 9.17) is 10.00 Å². The summed E-state index contributed by atoms with van der Waals surface area (Å²) < 4.78 is 5.21. The van der Waals surface area contributed by atoms with Gasteiger partial charge < -0.3 is 4.74 Å². The van der Waals surface area contributed by atoms with Crippen LogP contribution < -0.4 is 4.74 Å². The molecule has 0 aromatic carbocycles. The summed E-state index contributed by atoms with van der Waals surface area (Å²) in [7, 11) is 1.65. The van der Waals surface area contributed by atoms with Crippen LogP contribution in [0.3, 0.4) is 0 Å². The van der Waals surface area contributed by atoms with E-state index in [2.05, 4.69) is 29.8 Å². The highest BCUT2D eigenvalue weighted by Gasteiger charge is 2.11. The van der Waals surface area contributed by atoms with Crippen LogP contribution in [0.1, 0.15) is 25.2 Å². The van der Waals surface area contributed by atoms with E-state index in [1.807, 2.05) is 19.1 Å². The van der Waals surface area contributed by atoms with Gasteiger partial charge in [-0.25, -0.2) is 0 Å². The second-order valence-corrected chi connectivity index (χ2v) is 4.30. The Balaban J connectivity index is 2.85. The number of nitrogens with zero attached hydrogens (tertiary/aromatic N) is 3. The van der Waals surface area contributed by atoms with Crippen molar-refractivity contribution in [3.8, 4) is 11.8 Å². The van der Waals surface area contributed by atoms with Crippen LogP contribution in [0, 0.1) is 18.3 Å². The third-order valence-corrected chi connectivity index (χ3v) is 2.58. The monoisotopic (exact) mass is 233 g/mol. The average molecular weight is 233 g/mol. The number of aromatic nitrogens is 1. The molecule has 0 N–H and O–H groups in total. The second kappa shape index (κ2) is 6.21. The number of rotatable bonds is 5. The first kappa shape index (κ1) is 13.5. The Kier molecular flexibility index (Phi) is 4.92. The minimum Gasteiger partial charge on any atom is -0.497 e. The molecular formula is C13H19N3O. The quantitative estimate of drug-likeness (QED) is 0.731. The van der Waals surface area contributed by atoms with Gasteiger partial charge in [0.05, 0.1) is 25.4 Å². The van der Waals surface area contributed by atoms with Crippen molar-refractivity contribution >= 4 is 0 Å². The summed E-state index contributed by atoms with van der Waals surface area (Å²) in [4.78, 5) is 6.53. The van der Waals surface area contributed by atoms with Gasteiger partial charge >= 0.3 is 0 Å². The molecule has 17 heavy (non-hydrogen) atoms. The molecule has 0 spiro atoms. The molecule has 1 aromatic rings. The van der Waals surface area contributed by atoms with E-state index in [0.717, 1.165) is 17.1 Å². The third kappa shape index (κ3) is 4.04. The molecule has 0 saturated heterocycles. The lowest BCUT2D eigenvalue weighted by Gasteiger charge is -2.23. The van der Waals surface area contributed by atoms with Crippen LogP contribution in [-0.4, -0.2) is 29.6 Å². The lowest BCUT2D eigenvalue weighted by Crippen LogP contribution is -2.31. The zero-order valence-corrected chi connectivity index (χ0v) is 10.9. The first-order chi connectivity index (χ1) is 8.06. The predicted octanol–water partition coefficient (Wildman–Crippen LogP) is 2.13. The number of hydrogen-bond donors (Lipinski definition) is 0. The smallest absolute Gasteiger partial charge is 0.122 e. The fraction of sp³-hybridized carbons (Fsp3) is 0.538. The van der Waals surface area contributed by atoms with Gasteiger partial charge in [0.1, 0.15) is 5.75 Å². The summed E-state index contributed by atoms with van der Waals surface area (Å²) in [5.74, 6) is 0.813. The molecule has 0 saturated carbocycles. The highest BCUT2D eigenvalue weighted by Crippen LogP contribution is 2.15. The fourth-order valence-electron chi connectivity index (χ4n) is 1.62. The van der Waals surface area contributed by atoms with Crippen molar-refractivity contribution in [2.45, 2.75) is 33.4 Å². The van der Waals surface area contributed by atoms with E-state index < -0.39 is 0 Å². The highest BCUT2D eigenvalue weighted by molar-refractivity contribution is 5.26. The van der Waals surface area contributed by atoms with Crippen molar-refractivity contribution in [3.05, 3.63) is 23.5 Å². The summed E-state index contributed by atoms with van der Waals surface area (Å²) >= 11 is 0. The van der Waals surface area contributed by atoms with E-state index in [1.165, 1.54) is 0 Å². The Morgan fingerprint density at radius 2 is 2.18 bits per heavy atom. The van der Waals surface area contributed by atoms with Gasteiger partial charge in [-0.05, 0) is 20.8 Å². The molecular weight excluding hydrogens is 214 g/mol. The van der Waals surface area contributed by atoms with E-state index in [0.29, 0.717) is 19.1 Å². The third-order valence-electron chi connectivity index (χ3n) is 2.58. The molecule has 1 heterocycles. The van der Waals surface area contributed by atoms with Gasteiger partial charge in [-0.3, -0.25) is 9.88 Å². The van der Waals surface area contributed by atoms with Crippen LogP contribution in [0.25, 0.3) is 0 Å². The van der Waals surface area contributed by atoms with Gasteiger partial charge in [-0.15, -0.1) is 0 Å². The summed E-state index contributed by atoms with van der Waals surface area (Å²) in [5, 5.41) is 8.78. The van der Waals surface area contributed by atoms with Gasteiger partial charge in [0.15, 0.2) is 0 Å². The van der Waals surface area contributed by atoms with Crippen LogP contribution in [0.5, 0.6) is 5.75 Å². The Morgan fingerprint density at radius 3 is 2.71 bits per heavy atom. The first-order valence-corrected chi connectivity index (χ1v) is 5.69. The predicted molar refractivity (Wildman–Crippen MR) is 66.7 cm³/mol. The molecule has 0 amide bonds. The van der Waals surface area contributed by atoms with Gasteiger partial charge in [-0.2, -0.15) is 5.26 Å². The Labute approximate surface area is 103 Å². The van der Waals surface area contributed by atoms with Crippen molar-refractivity contribution in [3.63, 3.8) is 0 Å². The molecule has 0 aliphatic carbocycles. The van der Waals surface area contributed by atoms with Crippen LogP contribution in [0.15, 0.2) is 12.1 Å². The summed E-state index contributed by atoms with van der Waals surface area (Å²) in [6.07, 6.45) is 0. The molecule has 0 unspecified atom stereocenters. The molecule has 0 bridgehead atoms. The molecule has 0 radical (unpaired) electrons. The van der Waals surface area contributed by atoms with Gasteiger partial charge in [0.25, 0.3) is 0 Å². The largest absolute Gasteiger partial charge is 0.497 e. The molecule has 4 nitrogen and oxygen atoms in total. The van der Waals surface area contributed by atoms with Crippen molar-refractivity contribution in [1.82, 2.24) is 9.88 Å². The Hall–Kier alpha value is -1.60. The molecule has 92 valence electrons. The highest BCUT2D eigenvalue weighted by atomic mass is 16.5. The van der Waals surface area contributed by atoms with Crippen LogP contribution >= 0.6 is 0 Å². The molecule has 1 rings (SSSR count). The summed E-state index contributed by atoms with van der Waals surface area (Å²) in [6, 6.07) is 6.31. The van der Waals surface area contributed by atoms with Crippen LogP contribution in [0.4, 0.5) is 0 Å². The topological polar surface area (TPSA) is 49.1 Å². The maximum absolute atomic E-state index is 8.78. The minimum atomic E-state index is 0.322. The lowest BCUT2D eigenvalue weighted by molar-refractivity contribution is 0.237. The molecule has 4 heteroatoms. The van der Waals surface area contributed by atoms with Crippen molar-refractivity contribution < 1.29 is 4.74 Å². The van der Waals surface area contributed by atoms with Crippen LogP contribution in [-0.2, 0) is 6.54 Å². The lowest BCUT2D eigenvalue weighted by atomic mass is 10.2. The maximum atomic E-state index is 8.78. The maximum Gasteiger partial charge on any atom is 0.122 e. The van der Waals surface area contributed by atoms with Crippen molar-refractivity contribution in [2.24, 2.45) is 0 Å². The van der Waals surface area contributed by atoms with Gasteiger partial charge in [0, 0.05) is 30.4 Å². The van der Waals surface area contributed by atoms with Gasteiger partial charge in [-0.1, -0.05) is 0 Å². The minimum absolute atomic E-state index is 0.322. The summed E-state index contributed by atoms with van der Waals surface area (Å²) in [6.45, 7) is 7.17. The van der Waals surface area contributed by atoms with E-state index in [9.17, 15) is 0 Å². The number of nitriles is 1. The first-order valence-electron chi connectivity index (χ1n) is 5.69. The Morgan fingerprint density at radius 1 is 1.47 bits per heavy atom. The van der Waals surface area contributed by atoms with E-state index >= 15 is 0 Å².